The molecule has 2 fully saturated rings. The summed E-state index contributed by atoms with van der Waals surface area (Å²) in [4.78, 5) is 11.7. The van der Waals surface area contributed by atoms with Crippen LogP contribution in [0.25, 0.3) is 0 Å². The second-order valence-electron chi connectivity index (χ2n) is 7.29. The van der Waals surface area contributed by atoms with Crippen molar-refractivity contribution in [2.75, 3.05) is 6.54 Å². The summed E-state index contributed by atoms with van der Waals surface area (Å²) in [6.07, 6.45) is 7.10. The average Bonchev–Trinajstić information content (AvgIpc) is 2.88. The zero-order valence-electron chi connectivity index (χ0n) is 12.5. The van der Waals surface area contributed by atoms with E-state index in [1.165, 1.54) is 25.7 Å². The van der Waals surface area contributed by atoms with Gasteiger partial charge in [0.15, 0.2) is 0 Å². The van der Waals surface area contributed by atoms with E-state index < -0.39 is 5.60 Å². The quantitative estimate of drug-likeness (QED) is 0.824. The molecule has 0 heterocycles. The first-order chi connectivity index (χ1) is 8.82. The van der Waals surface area contributed by atoms with Gasteiger partial charge in [0.25, 0.3) is 0 Å². The third-order valence-corrected chi connectivity index (χ3v) is 4.49. The standard InChI is InChI=1S/C15H28N2O2/c1-14(2,3)19-13(18)17-10-15(8-9-15)12(16)11-6-4-5-7-11/h11-12H,4-10,16H2,1-3H3,(H,17,18). The molecule has 0 radical (unpaired) electrons. The normalized spacial score (nSPS) is 24.0. The lowest BCUT2D eigenvalue weighted by molar-refractivity contribution is 0.0510. The van der Waals surface area contributed by atoms with Gasteiger partial charge in [0.05, 0.1) is 0 Å². The number of carbonyl (C=O) groups excluding carboxylic acids is 1. The highest BCUT2D eigenvalue weighted by molar-refractivity contribution is 5.67. The topological polar surface area (TPSA) is 64.3 Å². The summed E-state index contributed by atoms with van der Waals surface area (Å²) in [5.74, 6) is 0.655. The Hall–Kier alpha value is -0.770. The van der Waals surface area contributed by atoms with E-state index in [-0.39, 0.29) is 17.6 Å². The summed E-state index contributed by atoms with van der Waals surface area (Å²) in [6.45, 7) is 6.30. The lowest BCUT2D eigenvalue weighted by Gasteiger charge is -2.29. The van der Waals surface area contributed by atoms with E-state index in [1.807, 2.05) is 20.8 Å². The maximum Gasteiger partial charge on any atom is 0.407 e. The van der Waals surface area contributed by atoms with Crippen molar-refractivity contribution >= 4 is 6.09 Å². The summed E-state index contributed by atoms with van der Waals surface area (Å²) >= 11 is 0. The van der Waals surface area contributed by atoms with Gasteiger partial charge >= 0.3 is 6.09 Å². The lowest BCUT2D eigenvalue weighted by Crippen LogP contribution is -2.45. The number of hydrogen-bond donors (Lipinski definition) is 2. The summed E-state index contributed by atoms with van der Waals surface area (Å²) in [7, 11) is 0. The van der Waals surface area contributed by atoms with E-state index in [2.05, 4.69) is 5.32 Å². The SMILES string of the molecule is CC(C)(C)OC(=O)NCC1(C(N)C2CCCC2)CC1. The number of amides is 1. The van der Waals surface area contributed by atoms with Gasteiger partial charge in [-0.1, -0.05) is 12.8 Å². The molecule has 1 amide bonds. The predicted molar refractivity (Wildman–Crippen MR) is 75.8 cm³/mol. The Bertz CT molecular complexity index is 326. The van der Waals surface area contributed by atoms with E-state index in [0.29, 0.717) is 12.5 Å². The highest BCUT2D eigenvalue weighted by atomic mass is 16.6. The van der Waals surface area contributed by atoms with Crippen LogP contribution in [0.5, 0.6) is 0 Å². The fourth-order valence-corrected chi connectivity index (χ4v) is 3.17. The molecule has 0 aromatic carbocycles. The Morgan fingerprint density at radius 1 is 1.37 bits per heavy atom. The molecule has 4 nitrogen and oxygen atoms in total. The number of hydrogen-bond acceptors (Lipinski definition) is 3. The molecular formula is C15H28N2O2. The van der Waals surface area contributed by atoms with Gasteiger partial charge in [0, 0.05) is 18.0 Å². The molecule has 2 saturated carbocycles. The van der Waals surface area contributed by atoms with Crippen LogP contribution in [-0.2, 0) is 4.74 Å². The van der Waals surface area contributed by atoms with E-state index in [9.17, 15) is 4.79 Å². The van der Waals surface area contributed by atoms with Crippen LogP contribution < -0.4 is 11.1 Å². The second kappa shape index (κ2) is 5.31. The van der Waals surface area contributed by atoms with E-state index in [0.717, 1.165) is 12.8 Å². The molecule has 3 N–H and O–H groups in total. The molecule has 0 aromatic heterocycles. The number of ether oxygens (including phenoxy) is 1. The molecule has 0 spiro atoms. The summed E-state index contributed by atoms with van der Waals surface area (Å²) in [5, 5.41) is 2.91. The van der Waals surface area contributed by atoms with Gasteiger partial charge in [0.1, 0.15) is 5.60 Å². The highest BCUT2D eigenvalue weighted by Gasteiger charge is 2.50. The molecule has 1 atom stereocenters. The first kappa shape index (κ1) is 14.6. The smallest absolute Gasteiger partial charge is 0.407 e. The minimum Gasteiger partial charge on any atom is -0.444 e. The zero-order chi connectivity index (χ0) is 14.1. The Morgan fingerprint density at radius 3 is 2.42 bits per heavy atom. The molecule has 0 bridgehead atoms. The molecule has 0 aromatic rings. The molecule has 110 valence electrons. The number of carbonyl (C=O) groups is 1. The molecule has 2 aliphatic rings. The van der Waals surface area contributed by atoms with Crippen molar-refractivity contribution in [3.63, 3.8) is 0 Å². The Labute approximate surface area is 116 Å². The van der Waals surface area contributed by atoms with E-state index >= 15 is 0 Å². The van der Waals surface area contributed by atoms with Crippen molar-refractivity contribution in [3.05, 3.63) is 0 Å². The van der Waals surface area contributed by atoms with Gasteiger partial charge in [-0.25, -0.2) is 4.79 Å². The Balaban J connectivity index is 1.80. The molecule has 0 saturated heterocycles. The molecule has 19 heavy (non-hydrogen) atoms. The van der Waals surface area contributed by atoms with Gasteiger partial charge in [-0.2, -0.15) is 0 Å². The maximum absolute atomic E-state index is 11.7. The maximum atomic E-state index is 11.7. The number of nitrogens with two attached hydrogens (primary N) is 1. The van der Waals surface area contributed by atoms with Crippen molar-refractivity contribution in [2.24, 2.45) is 17.1 Å². The van der Waals surface area contributed by atoms with Gasteiger partial charge in [-0.15, -0.1) is 0 Å². The summed E-state index contributed by atoms with van der Waals surface area (Å²) < 4.78 is 5.28. The van der Waals surface area contributed by atoms with Crippen LogP contribution in [0, 0.1) is 11.3 Å². The third-order valence-electron chi connectivity index (χ3n) is 4.49. The van der Waals surface area contributed by atoms with E-state index in [4.69, 9.17) is 10.5 Å². The van der Waals surface area contributed by atoms with Crippen LogP contribution >= 0.6 is 0 Å². The zero-order valence-corrected chi connectivity index (χ0v) is 12.5. The van der Waals surface area contributed by atoms with Gasteiger partial charge in [-0.3, -0.25) is 0 Å². The molecular weight excluding hydrogens is 240 g/mol. The summed E-state index contributed by atoms with van der Waals surface area (Å²) in [6, 6.07) is 0.241. The Kier molecular flexibility index (Phi) is 4.09. The number of rotatable bonds is 4. The molecule has 4 heteroatoms. The minimum atomic E-state index is -0.436. The van der Waals surface area contributed by atoms with Crippen molar-refractivity contribution in [2.45, 2.75) is 70.9 Å². The molecule has 0 aliphatic heterocycles. The average molecular weight is 268 g/mol. The van der Waals surface area contributed by atoms with Crippen molar-refractivity contribution in [1.29, 1.82) is 0 Å². The first-order valence-electron chi connectivity index (χ1n) is 7.55. The first-order valence-corrected chi connectivity index (χ1v) is 7.55. The van der Waals surface area contributed by atoms with Crippen LogP contribution in [0.2, 0.25) is 0 Å². The predicted octanol–water partition coefficient (Wildman–Crippen LogP) is 2.81. The fourth-order valence-electron chi connectivity index (χ4n) is 3.17. The summed E-state index contributed by atoms with van der Waals surface area (Å²) in [5.41, 5.74) is 6.15. The monoisotopic (exact) mass is 268 g/mol. The number of nitrogens with one attached hydrogen (secondary N) is 1. The van der Waals surface area contributed by atoms with Gasteiger partial charge in [0.2, 0.25) is 0 Å². The van der Waals surface area contributed by atoms with Crippen LogP contribution in [0.3, 0.4) is 0 Å². The molecule has 2 rings (SSSR count). The van der Waals surface area contributed by atoms with Crippen molar-refractivity contribution in [3.8, 4) is 0 Å². The third kappa shape index (κ3) is 3.85. The fraction of sp³-hybridized carbons (Fsp3) is 0.933. The minimum absolute atomic E-state index is 0.145. The van der Waals surface area contributed by atoms with E-state index in [1.54, 1.807) is 0 Å². The van der Waals surface area contributed by atoms with Crippen LogP contribution in [-0.4, -0.2) is 24.3 Å². The Morgan fingerprint density at radius 2 is 1.95 bits per heavy atom. The largest absolute Gasteiger partial charge is 0.444 e. The number of alkyl carbamates (subject to hydrolysis) is 1. The van der Waals surface area contributed by atoms with Crippen molar-refractivity contribution < 1.29 is 9.53 Å². The van der Waals surface area contributed by atoms with Crippen LogP contribution in [0.15, 0.2) is 0 Å². The molecule has 2 aliphatic carbocycles. The van der Waals surface area contributed by atoms with Gasteiger partial charge in [-0.05, 0) is 52.4 Å². The van der Waals surface area contributed by atoms with Gasteiger partial charge < -0.3 is 15.8 Å². The molecule has 1 unspecified atom stereocenters. The highest BCUT2D eigenvalue weighted by Crippen LogP contribution is 2.51. The lowest BCUT2D eigenvalue weighted by atomic mass is 9.85. The van der Waals surface area contributed by atoms with Crippen molar-refractivity contribution in [1.82, 2.24) is 5.32 Å². The van der Waals surface area contributed by atoms with Crippen LogP contribution in [0.4, 0.5) is 4.79 Å². The second-order valence-corrected chi connectivity index (χ2v) is 7.29. The van der Waals surface area contributed by atoms with Crippen LogP contribution in [0.1, 0.15) is 59.3 Å².